The number of rotatable bonds is 7. The number of benzene rings is 1. The Morgan fingerprint density at radius 3 is 2.74 bits per heavy atom. The monoisotopic (exact) mass is 315 g/mol. The number of nitrogens with zero attached hydrogens (tertiary/aromatic N) is 1. The summed E-state index contributed by atoms with van der Waals surface area (Å²) in [5.74, 6) is 0.320. The van der Waals surface area contributed by atoms with E-state index in [0.717, 1.165) is 11.1 Å². The molecule has 0 bridgehead atoms. The molecule has 0 spiro atoms. The molecule has 1 aromatic heterocycles. The first-order chi connectivity index (χ1) is 11.2. The highest BCUT2D eigenvalue weighted by Crippen LogP contribution is 2.39. The molecule has 3 N–H and O–H groups in total. The molecule has 0 radical (unpaired) electrons. The number of aromatic nitrogens is 1. The van der Waals surface area contributed by atoms with Crippen molar-refractivity contribution < 1.29 is 9.47 Å². The lowest BCUT2D eigenvalue weighted by molar-refractivity contribution is 0.239. The van der Waals surface area contributed by atoms with E-state index >= 15 is 0 Å². The van der Waals surface area contributed by atoms with Crippen LogP contribution in [-0.2, 0) is 24.1 Å². The number of pyridine rings is 1. The van der Waals surface area contributed by atoms with Crippen molar-refractivity contribution in [2.24, 2.45) is 12.8 Å². The van der Waals surface area contributed by atoms with Crippen LogP contribution in [0.5, 0.6) is 5.75 Å². The molecule has 2 aromatic rings. The highest BCUT2D eigenvalue weighted by Gasteiger charge is 2.48. The van der Waals surface area contributed by atoms with Gasteiger partial charge in [0.15, 0.2) is 11.5 Å². The second-order valence-corrected chi connectivity index (χ2v) is 5.58. The zero-order valence-electron chi connectivity index (χ0n) is 13.1. The van der Waals surface area contributed by atoms with E-state index in [9.17, 15) is 4.79 Å². The average Bonchev–Trinajstić information content (AvgIpc) is 3.36. The minimum Gasteiger partial charge on any atom is -0.483 e. The van der Waals surface area contributed by atoms with Crippen LogP contribution in [0.4, 0.5) is 0 Å². The van der Waals surface area contributed by atoms with Crippen molar-refractivity contribution in [1.29, 1.82) is 0 Å². The fraction of sp³-hybridized carbons (Fsp3) is 0.353. The topological polar surface area (TPSA) is 81.8 Å². The molecule has 1 unspecified atom stereocenters. The molecule has 1 fully saturated rings. The van der Waals surface area contributed by atoms with E-state index in [1.807, 2.05) is 36.4 Å². The van der Waals surface area contributed by atoms with Crippen molar-refractivity contribution in [3.8, 4) is 5.75 Å². The molecule has 0 amide bonds. The third-order valence-electron chi connectivity index (χ3n) is 3.87. The molecular weight excluding hydrogens is 294 g/mol. The van der Waals surface area contributed by atoms with E-state index in [0.29, 0.717) is 32.1 Å². The SMILES string of the molecule is Cn1ccc(C2(NCCN)CO2)c(OCc2ccccc2)c1=O. The number of hydrogen-bond acceptors (Lipinski definition) is 5. The summed E-state index contributed by atoms with van der Waals surface area (Å²) >= 11 is 0. The fourth-order valence-electron chi connectivity index (χ4n) is 2.49. The molecule has 23 heavy (non-hydrogen) atoms. The normalized spacial score (nSPS) is 19.6. The average molecular weight is 315 g/mol. The molecule has 0 saturated carbocycles. The van der Waals surface area contributed by atoms with Crippen LogP contribution in [0.15, 0.2) is 47.4 Å². The van der Waals surface area contributed by atoms with E-state index < -0.39 is 5.72 Å². The van der Waals surface area contributed by atoms with Gasteiger partial charge in [0.1, 0.15) is 6.61 Å². The molecule has 6 heteroatoms. The first kappa shape index (κ1) is 15.7. The lowest BCUT2D eigenvalue weighted by Crippen LogP contribution is -2.36. The number of epoxide rings is 1. The quantitative estimate of drug-likeness (QED) is 0.735. The summed E-state index contributed by atoms with van der Waals surface area (Å²) < 4.78 is 12.9. The molecular formula is C17H21N3O3. The fourth-order valence-corrected chi connectivity index (χ4v) is 2.49. The van der Waals surface area contributed by atoms with Crippen LogP contribution in [0.2, 0.25) is 0 Å². The Labute approximate surface area is 134 Å². The molecule has 1 atom stereocenters. The van der Waals surface area contributed by atoms with Crippen molar-refractivity contribution in [3.63, 3.8) is 0 Å². The van der Waals surface area contributed by atoms with Gasteiger partial charge in [-0.05, 0) is 11.6 Å². The van der Waals surface area contributed by atoms with E-state index in [2.05, 4.69) is 5.32 Å². The van der Waals surface area contributed by atoms with Crippen molar-refractivity contribution in [1.82, 2.24) is 9.88 Å². The molecule has 1 aliphatic heterocycles. The Morgan fingerprint density at radius 1 is 1.35 bits per heavy atom. The summed E-state index contributed by atoms with van der Waals surface area (Å²) in [5.41, 5.74) is 6.45. The largest absolute Gasteiger partial charge is 0.483 e. The van der Waals surface area contributed by atoms with Crippen LogP contribution < -0.4 is 21.3 Å². The molecule has 6 nitrogen and oxygen atoms in total. The van der Waals surface area contributed by atoms with Gasteiger partial charge in [0.2, 0.25) is 0 Å². The van der Waals surface area contributed by atoms with Gasteiger partial charge in [-0.15, -0.1) is 0 Å². The number of nitrogens with one attached hydrogen (secondary N) is 1. The van der Waals surface area contributed by atoms with E-state index in [4.69, 9.17) is 15.2 Å². The van der Waals surface area contributed by atoms with Gasteiger partial charge in [0, 0.05) is 26.3 Å². The third kappa shape index (κ3) is 3.29. The Hall–Kier alpha value is -2.15. The maximum atomic E-state index is 12.5. The Bertz CT molecular complexity index is 724. The van der Waals surface area contributed by atoms with E-state index in [1.165, 1.54) is 4.57 Å². The smallest absolute Gasteiger partial charge is 0.293 e. The van der Waals surface area contributed by atoms with Gasteiger partial charge in [-0.1, -0.05) is 30.3 Å². The lowest BCUT2D eigenvalue weighted by Gasteiger charge is -2.18. The van der Waals surface area contributed by atoms with Crippen molar-refractivity contribution >= 4 is 0 Å². The number of hydrogen-bond donors (Lipinski definition) is 2. The van der Waals surface area contributed by atoms with Crippen molar-refractivity contribution in [2.45, 2.75) is 12.3 Å². The zero-order chi connectivity index (χ0) is 16.3. The Kier molecular flexibility index (Phi) is 4.47. The first-order valence-corrected chi connectivity index (χ1v) is 7.62. The van der Waals surface area contributed by atoms with Crippen molar-refractivity contribution in [3.05, 3.63) is 64.1 Å². The molecule has 3 rings (SSSR count). The first-order valence-electron chi connectivity index (χ1n) is 7.62. The second kappa shape index (κ2) is 6.54. The van der Waals surface area contributed by atoms with E-state index in [-0.39, 0.29) is 5.56 Å². The highest BCUT2D eigenvalue weighted by molar-refractivity contribution is 5.38. The molecule has 2 heterocycles. The maximum Gasteiger partial charge on any atom is 0.293 e. The molecule has 1 saturated heterocycles. The number of aryl methyl sites for hydroxylation is 1. The summed E-state index contributed by atoms with van der Waals surface area (Å²) in [5, 5.41) is 3.25. The van der Waals surface area contributed by atoms with Crippen LogP contribution in [-0.4, -0.2) is 24.3 Å². The van der Waals surface area contributed by atoms with Crippen LogP contribution in [0, 0.1) is 0 Å². The second-order valence-electron chi connectivity index (χ2n) is 5.58. The Morgan fingerprint density at radius 2 is 2.09 bits per heavy atom. The van der Waals surface area contributed by atoms with Crippen molar-refractivity contribution in [2.75, 3.05) is 19.7 Å². The molecule has 1 aliphatic rings. The van der Waals surface area contributed by atoms with Gasteiger partial charge < -0.3 is 19.8 Å². The predicted molar refractivity (Wildman–Crippen MR) is 87.1 cm³/mol. The summed E-state index contributed by atoms with van der Waals surface area (Å²) in [7, 11) is 1.70. The van der Waals surface area contributed by atoms with E-state index in [1.54, 1.807) is 13.2 Å². The van der Waals surface area contributed by atoms with Crippen LogP contribution >= 0.6 is 0 Å². The van der Waals surface area contributed by atoms with Gasteiger partial charge in [0.05, 0.1) is 12.2 Å². The van der Waals surface area contributed by atoms with Gasteiger partial charge >= 0.3 is 0 Å². The number of nitrogens with two attached hydrogens (primary N) is 1. The maximum absolute atomic E-state index is 12.5. The predicted octanol–water partition coefficient (Wildman–Crippen LogP) is 0.696. The minimum atomic E-state index is -0.654. The van der Waals surface area contributed by atoms with Gasteiger partial charge in [0.25, 0.3) is 5.56 Å². The van der Waals surface area contributed by atoms with Gasteiger partial charge in [-0.25, -0.2) is 0 Å². The van der Waals surface area contributed by atoms with Crippen LogP contribution in [0.1, 0.15) is 11.1 Å². The minimum absolute atomic E-state index is 0.178. The molecule has 1 aromatic carbocycles. The molecule has 122 valence electrons. The number of ether oxygens (including phenoxy) is 2. The molecule has 0 aliphatic carbocycles. The van der Waals surface area contributed by atoms with Crippen LogP contribution in [0.25, 0.3) is 0 Å². The highest BCUT2D eigenvalue weighted by atomic mass is 16.6. The third-order valence-corrected chi connectivity index (χ3v) is 3.87. The van der Waals surface area contributed by atoms with Crippen LogP contribution in [0.3, 0.4) is 0 Å². The summed E-state index contributed by atoms with van der Waals surface area (Å²) in [6.45, 7) is 1.94. The van der Waals surface area contributed by atoms with Gasteiger partial charge in [-0.3, -0.25) is 10.1 Å². The van der Waals surface area contributed by atoms with Gasteiger partial charge in [-0.2, -0.15) is 0 Å². The standard InChI is InChI=1S/C17H21N3O3/c1-20-10-7-14(17(12-23-17)19-9-8-18)15(16(20)21)22-11-13-5-3-2-4-6-13/h2-7,10,19H,8-9,11-12,18H2,1H3. The summed E-state index contributed by atoms with van der Waals surface area (Å²) in [6, 6.07) is 11.6. The summed E-state index contributed by atoms with van der Waals surface area (Å²) in [4.78, 5) is 12.5. The summed E-state index contributed by atoms with van der Waals surface area (Å²) in [6.07, 6.45) is 1.72. The zero-order valence-corrected chi connectivity index (χ0v) is 13.1. The Balaban J connectivity index is 1.89. The lowest BCUT2D eigenvalue weighted by atomic mass is 10.1.